The fourth-order valence-electron chi connectivity index (χ4n) is 2.70. The largest absolute Gasteiger partial charge is 0.353 e. The maximum atomic E-state index is 11.8. The van der Waals surface area contributed by atoms with E-state index in [1.165, 1.54) is 0 Å². The lowest BCUT2D eigenvalue weighted by Crippen LogP contribution is -2.41. The molecule has 4 nitrogen and oxygen atoms in total. The Hall–Kier alpha value is -0.610. The lowest BCUT2D eigenvalue weighted by atomic mass is 9.91. The molecule has 4 N–H and O–H groups in total. The van der Waals surface area contributed by atoms with Gasteiger partial charge in [0.2, 0.25) is 5.91 Å². The van der Waals surface area contributed by atoms with Gasteiger partial charge in [-0.2, -0.15) is 0 Å². The molecule has 1 atom stereocenters. The zero-order valence-corrected chi connectivity index (χ0v) is 9.87. The number of amides is 1. The van der Waals surface area contributed by atoms with Crippen LogP contribution in [-0.4, -0.2) is 31.1 Å². The summed E-state index contributed by atoms with van der Waals surface area (Å²) < 4.78 is 0. The average molecular weight is 225 g/mol. The molecule has 16 heavy (non-hydrogen) atoms. The minimum Gasteiger partial charge on any atom is -0.353 e. The summed E-state index contributed by atoms with van der Waals surface area (Å²) in [5, 5.41) is 6.43. The van der Waals surface area contributed by atoms with Crippen LogP contribution in [0.25, 0.3) is 0 Å². The fraction of sp³-hybridized carbons (Fsp3) is 0.917. The molecule has 0 spiro atoms. The van der Waals surface area contributed by atoms with Crippen molar-refractivity contribution in [3.63, 3.8) is 0 Å². The van der Waals surface area contributed by atoms with E-state index in [4.69, 9.17) is 5.73 Å². The second kappa shape index (κ2) is 5.64. The first-order chi connectivity index (χ1) is 7.74. The van der Waals surface area contributed by atoms with E-state index in [0.29, 0.717) is 24.4 Å². The summed E-state index contributed by atoms with van der Waals surface area (Å²) in [6.45, 7) is 2.07. The molecule has 1 saturated heterocycles. The highest BCUT2D eigenvalue weighted by Gasteiger charge is 2.22. The van der Waals surface area contributed by atoms with Crippen LogP contribution in [0, 0.1) is 5.92 Å². The van der Waals surface area contributed by atoms with Crippen LogP contribution in [0.1, 0.15) is 38.5 Å². The second-order valence-electron chi connectivity index (χ2n) is 5.24. The van der Waals surface area contributed by atoms with Crippen molar-refractivity contribution in [3.05, 3.63) is 0 Å². The van der Waals surface area contributed by atoms with Gasteiger partial charge < -0.3 is 16.4 Å². The summed E-state index contributed by atoms with van der Waals surface area (Å²) in [4.78, 5) is 11.8. The molecule has 2 fully saturated rings. The molecule has 0 aromatic carbocycles. The van der Waals surface area contributed by atoms with Gasteiger partial charge in [-0.3, -0.25) is 4.79 Å². The number of rotatable bonds is 3. The number of hydrogen-bond donors (Lipinski definition) is 3. The predicted molar refractivity (Wildman–Crippen MR) is 64.0 cm³/mol. The van der Waals surface area contributed by atoms with Crippen LogP contribution in [0.2, 0.25) is 0 Å². The number of hydrogen-bond acceptors (Lipinski definition) is 3. The first kappa shape index (κ1) is 11.9. The summed E-state index contributed by atoms with van der Waals surface area (Å²) in [5.74, 6) is 0.778. The summed E-state index contributed by atoms with van der Waals surface area (Å²) >= 11 is 0. The van der Waals surface area contributed by atoms with Gasteiger partial charge in [0, 0.05) is 18.5 Å². The molecule has 0 bridgehead atoms. The van der Waals surface area contributed by atoms with Gasteiger partial charge in [0.15, 0.2) is 0 Å². The standard InChI is InChI=1S/C12H23N3O/c13-10-1-3-11(4-2-10)15-12(16)7-9-5-6-14-8-9/h9-11,14H,1-8,13H2,(H,15,16). The molecule has 1 heterocycles. The van der Waals surface area contributed by atoms with Gasteiger partial charge in [-0.15, -0.1) is 0 Å². The van der Waals surface area contributed by atoms with Crippen molar-refractivity contribution in [2.24, 2.45) is 11.7 Å². The third kappa shape index (κ3) is 3.46. The Bertz CT molecular complexity index is 230. The van der Waals surface area contributed by atoms with Crippen LogP contribution >= 0.6 is 0 Å². The van der Waals surface area contributed by atoms with Gasteiger partial charge in [-0.25, -0.2) is 0 Å². The van der Waals surface area contributed by atoms with Gasteiger partial charge in [-0.05, 0) is 51.1 Å². The van der Waals surface area contributed by atoms with Crippen molar-refractivity contribution in [3.8, 4) is 0 Å². The van der Waals surface area contributed by atoms with Crippen molar-refractivity contribution in [2.75, 3.05) is 13.1 Å². The summed E-state index contributed by atoms with van der Waals surface area (Å²) in [7, 11) is 0. The van der Waals surface area contributed by atoms with Gasteiger partial charge in [0.05, 0.1) is 0 Å². The summed E-state index contributed by atoms with van der Waals surface area (Å²) in [6, 6.07) is 0.730. The molecule has 2 rings (SSSR count). The lowest BCUT2D eigenvalue weighted by Gasteiger charge is -2.27. The molecule has 1 unspecified atom stereocenters. The van der Waals surface area contributed by atoms with Crippen molar-refractivity contribution in [1.29, 1.82) is 0 Å². The van der Waals surface area contributed by atoms with Crippen LogP contribution in [0.4, 0.5) is 0 Å². The van der Waals surface area contributed by atoms with E-state index in [-0.39, 0.29) is 5.91 Å². The molecular formula is C12H23N3O. The number of nitrogens with one attached hydrogen (secondary N) is 2. The van der Waals surface area contributed by atoms with E-state index < -0.39 is 0 Å². The molecule has 0 radical (unpaired) electrons. The van der Waals surface area contributed by atoms with Crippen molar-refractivity contribution < 1.29 is 4.79 Å². The van der Waals surface area contributed by atoms with Crippen molar-refractivity contribution >= 4 is 5.91 Å². The molecule has 2 aliphatic rings. The third-order valence-electron chi connectivity index (χ3n) is 3.77. The number of carbonyl (C=O) groups is 1. The van der Waals surface area contributed by atoms with Gasteiger partial charge in [0.1, 0.15) is 0 Å². The first-order valence-corrected chi connectivity index (χ1v) is 6.49. The monoisotopic (exact) mass is 225 g/mol. The molecule has 92 valence electrons. The Morgan fingerprint density at radius 3 is 2.62 bits per heavy atom. The van der Waals surface area contributed by atoms with Crippen molar-refractivity contribution in [2.45, 2.75) is 50.6 Å². The smallest absolute Gasteiger partial charge is 0.220 e. The number of carbonyl (C=O) groups excluding carboxylic acids is 1. The maximum Gasteiger partial charge on any atom is 0.220 e. The quantitative estimate of drug-likeness (QED) is 0.650. The lowest BCUT2D eigenvalue weighted by molar-refractivity contribution is -0.122. The Morgan fingerprint density at radius 2 is 2.00 bits per heavy atom. The van der Waals surface area contributed by atoms with Gasteiger partial charge in [0.25, 0.3) is 0 Å². The van der Waals surface area contributed by atoms with Gasteiger partial charge >= 0.3 is 0 Å². The Labute approximate surface area is 97.3 Å². The third-order valence-corrected chi connectivity index (χ3v) is 3.77. The Morgan fingerprint density at radius 1 is 1.25 bits per heavy atom. The highest BCUT2D eigenvalue weighted by molar-refractivity contribution is 5.76. The predicted octanol–water partition coefficient (Wildman–Crippen LogP) is 0.372. The molecule has 0 aromatic heterocycles. The maximum absolute atomic E-state index is 11.8. The molecule has 1 aliphatic heterocycles. The van der Waals surface area contributed by atoms with E-state index in [0.717, 1.165) is 45.2 Å². The van der Waals surface area contributed by atoms with Crippen LogP contribution in [-0.2, 0) is 4.79 Å². The molecule has 1 amide bonds. The van der Waals surface area contributed by atoms with Crippen LogP contribution in [0.5, 0.6) is 0 Å². The van der Waals surface area contributed by atoms with Crippen LogP contribution in [0.3, 0.4) is 0 Å². The second-order valence-corrected chi connectivity index (χ2v) is 5.24. The first-order valence-electron chi connectivity index (χ1n) is 6.49. The van der Waals surface area contributed by atoms with Crippen LogP contribution in [0.15, 0.2) is 0 Å². The van der Waals surface area contributed by atoms with E-state index >= 15 is 0 Å². The summed E-state index contributed by atoms with van der Waals surface area (Å²) in [6.07, 6.45) is 6.04. The minimum absolute atomic E-state index is 0.231. The fourth-order valence-corrected chi connectivity index (χ4v) is 2.70. The SMILES string of the molecule is NC1CCC(NC(=O)CC2CCNC2)CC1. The van der Waals surface area contributed by atoms with E-state index in [2.05, 4.69) is 10.6 Å². The topological polar surface area (TPSA) is 67.1 Å². The highest BCUT2D eigenvalue weighted by atomic mass is 16.1. The highest BCUT2D eigenvalue weighted by Crippen LogP contribution is 2.18. The number of nitrogens with two attached hydrogens (primary N) is 1. The zero-order chi connectivity index (χ0) is 11.4. The van der Waals surface area contributed by atoms with Crippen molar-refractivity contribution in [1.82, 2.24) is 10.6 Å². The van der Waals surface area contributed by atoms with E-state index in [1.807, 2.05) is 0 Å². The van der Waals surface area contributed by atoms with Gasteiger partial charge in [-0.1, -0.05) is 0 Å². The Kier molecular flexibility index (Phi) is 4.18. The molecule has 1 saturated carbocycles. The van der Waals surface area contributed by atoms with E-state index in [1.54, 1.807) is 0 Å². The zero-order valence-electron chi connectivity index (χ0n) is 9.87. The molecule has 4 heteroatoms. The molecule has 1 aliphatic carbocycles. The minimum atomic E-state index is 0.231. The molecular weight excluding hydrogens is 202 g/mol. The Balaban J connectivity index is 1.66. The van der Waals surface area contributed by atoms with Crippen LogP contribution < -0.4 is 16.4 Å². The van der Waals surface area contributed by atoms with E-state index in [9.17, 15) is 4.79 Å². The normalized spacial score (nSPS) is 34.9. The average Bonchev–Trinajstić information content (AvgIpc) is 2.74. The molecule has 0 aromatic rings. The summed E-state index contributed by atoms with van der Waals surface area (Å²) in [5.41, 5.74) is 5.84.